The van der Waals surface area contributed by atoms with E-state index >= 15 is 0 Å². The van der Waals surface area contributed by atoms with Crippen LogP contribution >= 0.6 is 0 Å². The van der Waals surface area contributed by atoms with Gasteiger partial charge >= 0.3 is 6.18 Å². The Kier molecular flexibility index (Phi) is 4.84. The maximum atomic E-state index is 13.0. The van der Waals surface area contributed by atoms with Gasteiger partial charge in [-0.25, -0.2) is 8.42 Å². The van der Waals surface area contributed by atoms with E-state index in [1.54, 1.807) is 6.92 Å². The summed E-state index contributed by atoms with van der Waals surface area (Å²) in [6.45, 7) is 2.16. The molecule has 4 nitrogen and oxygen atoms in total. The summed E-state index contributed by atoms with van der Waals surface area (Å²) in [5.41, 5.74) is 4.68. The molecule has 2 N–H and O–H groups in total. The molecule has 0 spiro atoms. The zero-order valence-corrected chi connectivity index (χ0v) is 13.0. The van der Waals surface area contributed by atoms with Crippen molar-refractivity contribution in [3.63, 3.8) is 0 Å². The molecule has 1 aromatic carbocycles. The largest absolute Gasteiger partial charge is 0.417 e. The standard InChI is InChI=1S/C14H19F3N2O2S/c1-10(18)11-5-4-8-19(9-11)22(20,21)13-7-3-2-6-12(13)14(15,16)17/h2-3,6-7,10-11H,4-5,8-9,18H2,1H3. The molecule has 0 aliphatic carbocycles. The fraction of sp³-hybridized carbons (Fsp3) is 0.571. The molecule has 1 aromatic rings. The fourth-order valence-electron chi connectivity index (χ4n) is 2.69. The van der Waals surface area contributed by atoms with Gasteiger partial charge in [0.05, 0.1) is 10.5 Å². The Balaban J connectivity index is 2.39. The lowest BCUT2D eigenvalue weighted by molar-refractivity contribution is -0.139. The first kappa shape index (κ1) is 17.2. The van der Waals surface area contributed by atoms with E-state index in [1.165, 1.54) is 12.1 Å². The van der Waals surface area contributed by atoms with E-state index in [2.05, 4.69) is 0 Å². The molecule has 1 saturated heterocycles. The molecule has 1 heterocycles. The summed E-state index contributed by atoms with van der Waals surface area (Å²) >= 11 is 0. The van der Waals surface area contributed by atoms with Crippen molar-refractivity contribution in [2.45, 2.75) is 36.9 Å². The highest BCUT2D eigenvalue weighted by atomic mass is 32.2. The van der Waals surface area contributed by atoms with Gasteiger partial charge in [-0.05, 0) is 37.8 Å². The maximum Gasteiger partial charge on any atom is 0.417 e. The monoisotopic (exact) mass is 336 g/mol. The van der Waals surface area contributed by atoms with Crippen LogP contribution in [-0.2, 0) is 16.2 Å². The van der Waals surface area contributed by atoms with Crippen LogP contribution in [0.25, 0.3) is 0 Å². The van der Waals surface area contributed by atoms with Gasteiger partial charge in [0.25, 0.3) is 0 Å². The Morgan fingerprint density at radius 2 is 1.95 bits per heavy atom. The molecule has 0 aromatic heterocycles. The van der Waals surface area contributed by atoms with Crippen molar-refractivity contribution in [2.75, 3.05) is 13.1 Å². The number of hydrogen-bond donors (Lipinski definition) is 1. The summed E-state index contributed by atoms with van der Waals surface area (Å²) in [5.74, 6) is -0.0402. The van der Waals surface area contributed by atoms with E-state index in [-0.39, 0.29) is 25.0 Å². The van der Waals surface area contributed by atoms with Crippen LogP contribution in [0.1, 0.15) is 25.3 Å². The molecule has 1 fully saturated rings. The van der Waals surface area contributed by atoms with Gasteiger partial charge in [-0.1, -0.05) is 12.1 Å². The van der Waals surface area contributed by atoms with E-state index in [4.69, 9.17) is 5.73 Å². The number of nitrogens with two attached hydrogens (primary N) is 1. The Bertz CT molecular complexity index is 629. The minimum atomic E-state index is -4.71. The number of nitrogens with zero attached hydrogens (tertiary/aromatic N) is 1. The molecule has 0 bridgehead atoms. The molecular weight excluding hydrogens is 317 g/mol. The normalized spacial score (nSPS) is 22.5. The predicted octanol–water partition coefficient (Wildman–Crippen LogP) is 2.45. The number of sulfonamides is 1. The molecule has 0 radical (unpaired) electrons. The third-order valence-corrected chi connectivity index (χ3v) is 5.90. The second kappa shape index (κ2) is 6.17. The molecule has 22 heavy (non-hydrogen) atoms. The van der Waals surface area contributed by atoms with Gasteiger partial charge in [-0.15, -0.1) is 0 Å². The van der Waals surface area contributed by atoms with E-state index in [0.29, 0.717) is 6.42 Å². The minimum Gasteiger partial charge on any atom is -0.328 e. The highest BCUT2D eigenvalue weighted by Gasteiger charge is 2.40. The van der Waals surface area contributed by atoms with Gasteiger partial charge in [-0.3, -0.25) is 0 Å². The third-order valence-electron chi connectivity index (χ3n) is 3.97. The van der Waals surface area contributed by atoms with Crippen LogP contribution in [0.15, 0.2) is 29.2 Å². The number of piperidine rings is 1. The lowest BCUT2D eigenvalue weighted by Gasteiger charge is -2.34. The number of hydrogen-bond acceptors (Lipinski definition) is 3. The Morgan fingerprint density at radius 3 is 2.55 bits per heavy atom. The first-order valence-corrected chi connectivity index (χ1v) is 8.50. The van der Waals surface area contributed by atoms with Gasteiger partial charge in [0.15, 0.2) is 0 Å². The highest BCUT2D eigenvalue weighted by Crippen LogP contribution is 2.36. The van der Waals surface area contributed by atoms with Crippen molar-refractivity contribution in [3.05, 3.63) is 29.8 Å². The number of benzene rings is 1. The fourth-order valence-corrected chi connectivity index (χ4v) is 4.43. The van der Waals surface area contributed by atoms with E-state index in [9.17, 15) is 21.6 Å². The van der Waals surface area contributed by atoms with E-state index in [1.807, 2.05) is 0 Å². The molecule has 2 atom stereocenters. The van der Waals surface area contributed by atoms with Crippen LogP contribution in [0.2, 0.25) is 0 Å². The van der Waals surface area contributed by atoms with Crippen molar-refractivity contribution in [2.24, 2.45) is 11.7 Å². The van der Waals surface area contributed by atoms with Crippen LogP contribution in [0, 0.1) is 5.92 Å². The van der Waals surface area contributed by atoms with Crippen molar-refractivity contribution < 1.29 is 21.6 Å². The second-order valence-corrected chi connectivity index (χ2v) is 7.52. The second-order valence-electron chi connectivity index (χ2n) is 5.62. The van der Waals surface area contributed by atoms with Crippen molar-refractivity contribution in [1.29, 1.82) is 0 Å². The number of alkyl halides is 3. The zero-order chi connectivity index (χ0) is 16.5. The molecule has 0 amide bonds. The molecule has 1 aliphatic heterocycles. The molecule has 8 heteroatoms. The van der Waals surface area contributed by atoms with Crippen molar-refractivity contribution >= 4 is 10.0 Å². The molecule has 1 aliphatic rings. The Hall–Kier alpha value is -1.12. The summed E-state index contributed by atoms with van der Waals surface area (Å²) in [4.78, 5) is -0.687. The Morgan fingerprint density at radius 1 is 1.32 bits per heavy atom. The molecule has 2 rings (SSSR count). The third kappa shape index (κ3) is 3.44. The van der Waals surface area contributed by atoms with Gasteiger partial charge < -0.3 is 5.73 Å². The number of halogens is 3. The van der Waals surface area contributed by atoms with Gasteiger partial charge in [0.2, 0.25) is 10.0 Å². The van der Waals surface area contributed by atoms with E-state index < -0.39 is 26.7 Å². The summed E-state index contributed by atoms with van der Waals surface area (Å²) in [7, 11) is -4.18. The first-order valence-electron chi connectivity index (χ1n) is 7.06. The molecular formula is C14H19F3N2O2S. The van der Waals surface area contributed by atoms with Gasteiger partial charge in [-0.2, -0.15) is 17.5 Å². The van der Waals surface area contributed by atoms with E-state index in [0.717, 1.165) is 22.9 Å². The molecule has 124 valence electrons. The lowest BCUT2D eigenvalue weighted by Crippen LogP contribution is -2.45. The van der Waals surface area contributed by atoms with Crippen LogP contribution < -0.4 is 5.73 Å². The summed E-state index contributed by atoms with van der Waals surface area (Å²) in [6, 6.07) is 4.08. The van der Waals surface area contributed by atoms with Crippen LogP contribution in [0.3, 0.4) is 0 Å². The summed E-state index contributed by atoms with van der Waals surface area (Å²) in [6.07, 6.45) is -3.33. The average Bonchev–Trinajstić information content (AvgIpc) is 2.46. The predicted molar refractivity (Wildman–Crippen MR) is 76.6 cm³/mol. The van der Waals surface area contributed by atoms with Crippen LogP contribution in [-0.4, -0.2) is 31.9 Å². The summed E-state index contributed by atoms with van der Waals surface area (Å²) in [5, 5.41) is 0. The van der Waals surface area contributed by atoms with Crippen molar-refractivity contribution in [1.82, 2.24) is 4.31 Å². The smallest absolute Gasteiger partial charge is 0.328 e. The summed E-state index contributed by atoms with van der Waals surface area (Å²) < 4.78 is 65.5. The van der Waals surface area contributed by atoms with Crippen LogP contribution in [0.5, 0.6) is 0 Å². The molecule has 0 saturated carbocycles. The average molecular weight is 336 g/mol. The zero-order valence-electron chi connectivity index (χ0n) is 12.2. The van der Waals surface area contributed by atoms with Crippen LogP contribution in [0.4, 0.5) is 13.2 Å². The molecule has 2 unspecified atom stereocenters. The number of rotatable bonds is 3. The van der Waals surface area contributed by atoms with Gasteiger partial charge in [0, 0.05) is 19.1 Å². The minimum absolute atomic E-state index is 0.0402. The SMILES string of the molecule is CC(N)C1CCCN(S(=O)(=O)c2ccccc2C(F)(F)F)C1. The quantitative estimate of drug-likeness (QED) is 0.922. The lowest BCUT2D eigenvalue weighted by atomic mass is 9.93. The highest BCUT2D eigenvalue weighted by molar-refractivity contribution is 7.89. The first-order chi connectivity index (χ1) is 10.1. The Labute approximate surface area is 128 Å². The van der Waals surface area contributed by atoms with Gasteiger partial charge in [0.1, 0.15) is 0 Å². The topological polar surface area (TPSA) is 63.4 Å². The van der Waals surface area contributed by atoms with Crippen molar-refractivity contribution in [3.8, 4) is 0 Å². The maximum absolute atomic E-state index is 13.0.